The Balaban J connectivity index is 2.24. The van der Waals surface area contributed by atoms with E-state index in [4.69, 9.17) is 5.73 Å². The minimum absolute atomic E-state index is 0.000117. The van der Waals surface area contributed by atoms with Crippen molar-refractivity contribution in [1.29, 1.82) is 0 Å². The summed E-state index contributed by atoms with van der Waals surface area (Å²) in [7, 11) is -7.69. The van der Waals surface area contributed by atoms with Crippen molar-refractivity contribution in [1.82, 2.24) is 0 Å². The van der Waals surface area contributed by atoms with Crippen molar-refractivity contribution in [3.63, 3.8) is 0 Å². The van der Waals surface area contributed by atoms with E-state index >= 15 is 0 Å². The van der Waals surface area contributed by atoms with E-state index in [1.165, 1.54) is 24.3 Å². The lowest BCUT2D eigenvalue weighted by atomic mass is 10.0. The number of carbonyl (C=O) groups excluding carboxylic acids is 1. The van der Waals surface area contributed by atoms with Gasteiger partial charge in [0.25, 0.3) is 0 Å². The van der Waals surface area contributed by atoms with Gasteiger partial charge in [-0.3, -0.25) is 4.79 Å². The van der Waals surface area contributed by atoms with Gasteiger partial charge >= 0.3 is 0 Å². The van der Waals surface area contributed by atoms with Crippen LogP contribution in [0.4, 0.5) is 0 Å². The van der Waals surface area contributed by atoms with Crippen LogP contribution >= 0.6 is 0 Å². The molecule has 122 valence electrons. The number of sulfone groups is 2. The van der Waals surface area contributed by atoms with Crippen molar-refractivity contribution in [2.75, 3.05) is 5.75 Å². The molecule has 1 aromatic rings. The molecule has 0 saturated heterocycles. The first-order valence-electron chi connectivity index (χ1n) is 7.01. The van der Waals surface area contributed by atoms with Gasteiger partial charge in [0.2, 0.25) is 5.91 Å². The first-order chi connectivity index (χ1) is 10.7. The summed E-state index contributed by atoms with van der Waals surface area (Å²) >= 11 is 0. The van der Waals surface area contributed by atoms with Crippen LogP contribution in [0.3, 0.4) is 0 Å². The molecule has 0 radical (unpaired) electrons. The summed E-state index contributed by atoms with van der Waals surface area (Å²) in [5, 5.41) is -1.31. The third-order valence-corrected chi connectivity index (χ3v) is 8.14. The van der Waals surface area contributed by atoms with Gasteiger partial charge < -0.3 is 5.73 Å². The second-order valence-electron chi connectivity index (χ2n) is 5.48. The van der Waals surface area contributed by atoms with E-state index in [2.05, 4.69) is 0 Å². The Morgan fingerprint density at radius 3 is 2.57 bits per heavy atom. The van der Waals surface area contributed by atoms with Gasteiger partial charge in [-0.15, -0.1) is 0 Å². The molecule has 1 heterocycles. The van der Waals surface area contributed by atoms with Gasteiger partial charge in [0.05, 0.1) is 15.6 Å². The van der Waals surface area contributed by atoms with E-state index in [-0.39, 0.29) is 20.9 Å². The van der Waals surface area contributed by atoms with Crippen LogP contribution in [0.5, 0.6) is 0 Å². The maximum Gasteiger partial charge on any atom is 0.249 e. The molecule has 1 amide bonds. The summed E-state index contributed by atoms with van der Waals surface area (Å²) < 4.78 is 50.4. The number of rotatable bonds is 3. The van der Waals surface area contributed by atoms with Crippen LogP contribution in [0.1, 0.15) is 34.0 Å². The van der Waals surface area contributed by atoms with E-state index in [1.807, 2.05) is 0 Å². The van der Waals surface area contributed by atoms with Crippen molar-refractivity contribution >= 4 is 25.6 Å². The van der Waals surface area contributed by atoms with Crippen LogP contribution in [0.25, 0.3) is 0 Å². The minimum Gasteiger partial charge on any atom is -0.366 e. The van der Waals surface area contributed by atoms with Crippen LogP contribution in [-0.4, -0.2) is 28.5 Å². The maximum absolute atomic E-state index is 12.9. The standard InChI is InChI=1S/C15H15NO5S2/c16-15(17)11-7-4-8-12-14(11)13(9-22(12,18)19)23(20,21)10-5-2-1-3-6-10/h2,4-8,13H,1,3,9H2,(H2,16,17). The summed E-state index contributed by atoms with van der Waals surface area (Å²) in [5.41, 5.74) is 5.24. The van der Waals surface area contributed by atoms with Gasteiger partial charge in [-0.1, -0.05) is 18.2 Å². The number of benzene rings is 1. The molecule has 2 aliphatic rings. The van der Waals surface area contributed by atoms with E-state index in [1.54, 1.807) is 12.2 Å². The highest BCUT2D eigenvalue weighted by atomic mass is 32.2. The highest BCUT2D eigenvalue weighted by Gasteiger charge is 2.45. The van der Waals surface area contributed by atoms with Crippen molar-refractivity contribution in [2.45, 2.75) is 23.0 Å². The van der Waals surface area contributed by atoms with Gasteiger partial charge in [-0.2, -0.15) is 0 Å². The number of fused-ring (bicyclic) bond motifs is 1. The van der Waals surface area contributed by atoms with Gasteiger partial charge in [0.15, 0.2) is 19.7 Å². The zero-order chi connectivity index (χ0) is 16.8. The molecule has 1 unspecified atom stereocenters. The van der Waals surface area contributed by atoms with Crippen molar-refractivity contribution in [3.05, 3.63) is 52.5 Å². The van der Waals surface area contributed by atoms with Crippen LogP contribution < -0.4 is 5.73 Å². The lowest BCUT2D eigenvalue weighted by Gasteiger charge is -2.16. The SMILES string of the molecule is NC(=O)c1cccc2c1C(S(=O)(=O)C1=CCCC=C1)CS2(=O)=O. The topological polar surface area (TPSA) is 111 Å². The molecule has 2 N–H and O–H groups in total. The number of primary amides is 1. The Morgan fingerprint density at radius 1 is 1.22 bits per heavy atom. The molecule has 0 saturated carbocycles. The average Bonchev–Trinajstić information content (AvgIpc) is 2.80. The Kier molecular flexibility index (Phi) is 3.68. The molecule has 0 spiro atoms. The predicted molar refractivity (Wildman–Crippen MR) is 85.1 cm³/mol. The number of allylic oxidation sites excluding steroid dienone is 3. The number of carbonyl (C=O) groups is 1. The lowest BCUT2D eigenvalue weighted by molar-refractivity contribution is 0.0999. The third-order valence-electron chi connectivity index (χ3n) is 4.02. The smallest absolute Gasteiger partial charge is 0.249 e. The van der Waals surface area contributed by atoms with Crippen molar-refractivity contribution in [2.24, 2.45) is 5.73 Å². The van der Waals surface area contributed by atoms with E-state index in [9.17, 15) is 21.6 Å². The zero-order valence-corrected chi connectivity index (χ0v) is 13.7. The van der Waals surface area contributed by atoms with Crippen LogP contribution in [0.2, 0.25) is 0 Å². The van der Waals surface area contributed by atoms with Gasteiger partial charge in [-0.05, 0) is 31.1 Å². The molecule has 3 rings (SSSR count). The monoisotopic (exact) mass is 353 g/mol. The van der Waals surface area contributed by atoms with Gasteiger partial charge in [0.1, 0.15) is 5.25 Å². The summed E-state index contributed by atoms with van der Waals surface area (Å²) in [6.45, 7) is 0. The minimum atomic E-state index is -3.91. The predicted octanol–water partition coefficient (Wildman–Crippen LogP) is 1.26. The van der Waals surface area contributed by atoms with Crippen LogP contribution in [-0.2, 0) is 19.7 Å². The Morgan fingerprint density at radius 2 is 1.96 bits per heavy atom. The fourth-order valence-electron chi connectivity index (χ4n) is 2.94. The zero-order valence-electron chi connectivity index (χ0n) is 12.1. The number of nitrogens with two attached hydrogens (primary N) is 1. The number of hydrogen-bond donors (Lipinski definition) is 1. The summed E-state index contributed by atoms with van der Waals surface area (Å²) in [6.07, 6.45) is 6.11. The lowest BCUT2D eigenvalue weighted by Crippen LogP contribution is -2.21. The quantitative estimate of drug-likeness (QED) is 0.879. The third kappa shape index (κ3) is 2.51. The molecule has 1 aliphatic heterocycles. The summed E-state index contributed by atoms with van der Waals surface area (Å²) in [5.74, 6) is -1.41. The molecule has 8 heteroatoms. The molecule has 6 nitrogen and oxygen atoms in total. The van der Waals surface area contributed by atoms with E-state index in [0.717, 1.165) is 6.42 Å². The van der Waals surface area contributed by atoms with Crippen LogP contribution in [0.15, 0.2) is 46.2 Å². The summed E-state index contributed by atoms with van der Waals surface area (Å²) in [4.78, 5) is 11.6. The molecule has 1 atom stereocenters. The largest absolute Gasteiger partial charge is 0.366 e. The molecule has 23 heavy (non-hydrogen) atoms. The highest BCUT2D eigenvalue weighted by Crippen LogP contribution is 2.43. The first-order valence-corrected chi connectivity index (χ1v) is 10.2. The molecule has 1 aromatic carbocycles. The first kappa shape index (κ1) is 15.9. The van der Waals surface area contributed by atoms with Crippen molar-refractivity contribution < 1.29 is 21.6 Å². The molecular weight excluding hydrogens is 338 g/mol. The van der Waals surface area contributed by atoms with Gasteiger partial charge in [-0.25, -0.2) is 16.8 Å². The maximum atomic E-state index is 12.9. The second-order valence-corrected chi connectivity index (χ2v) is 9.62. The second kappa shape index (κ2) is 5.31. The fourth-order valence-corrected chi connectivity index (χ4v) is 7.42. The molecule has 0 aromatic heterocycles. The molecular formula is C15H15NO5S2. The summed E-state index contributed by atoms with van der Waals surface area (Å²) in [6, 6.07) is 4.07. The average molecular weight is 353 g/mol. The fraction of sp³-hybridized carbons (Fsp3) is 0.267. The number of hydrogen-bond acceptors (Lipinski definition) is 5. The van der Waals surface area contributed by atoms with Crippen LogP contribution in [0, 0.1) is 0 Å². The molecule has 0 fully saturated rings. The van der Waals surface area contributed by atoms with Gasteiger partial charge in [0, 0.05) is 11.1 Å². The highest BCUT2D eigenvalue weighted by molar-refractivity contribution is 7.98. The van der Waals surface area contributed by atoms with Crippen molar-refractivity contribution in [3.8, 4) is 0 Å². The molecule has 0 bridgehead atoms. The Labute approximate surface area is 134 Å². The molecule has 1 aliphatic carbocycles. The van der Waals surface area contributed by atoms with E-state index < -0.39 is 36.6 Å². The Hall–Kier alpha value is -1.93. The number of amides is 1. The normalized spacial score (nSPS) is 22.4. The Bertz CT molecular complexity index is 956. The van der Waals surface area contributed by atoms with E-state index in [0.29, 0.717) is 6.42 Å².